The molecular formula is C20H21NO3. The molecule has 0 aliphatic rings. The van der Waals surface area contributed by atoms with Crippen LogP contribution in [0.15, 0.2) is 57.9 Å². The van der Waals surface area contributed by atoms with Gasteiger partial charge in [-0.2, -0.15) is 0 Å². The molecule has 0 bridgehead atoms. The Morgan fingerprint density at radius 3 is 2.58 bits per heavy atom. The highest BCUT2D eigenvalue weighted by Crippen LogP contribution is 2.25. The first kappa shape index (κ1) is 16.3. The van der Waals surface area contributed by atoms with Gasteiger partial charge in [0.05, 0.1) is 25.1 Å². The summed E-state index contributed by atoms with van der Waals surface area (Å²) in [6, 6.07) is 15.8. The Hall–Kier alpha value is -2.59. The Kier molecular flexibility index (Phi) is 4.96. The maximum atomic E-state index is 9.11. The van der Waals surface area contributed by atoms with E-state index in [1.807, 2.05) is 43.3 Å². The molecule has 4 heteroatoms. The second-order valence-corrected chi connectivity index (χ2v) is 5.56. The van der Waals surface area contributed by atoms with Gasteiger partial charge in [0.15, 0.2) is 0 Å². The summed E-state index contributed by atoms with van der Waals surface area (Å²) in [5.74, 6) is 1.53. The number of hydrogen-bond acceptors (Lipinski definition) is 4. The van der Waals surface area contributed by atoms with Gasteiger partial charge in [-0.1, -0.05) is 29.8 Å². The Morgan fingerprint density at radius 1 is 1.08 bits per heavy atom. The summed E-state index contributed by atoms with van der Waals surface area (Å²) in [5, 5.41) is 10.8. The molecule has 1 aromatic heterocycles. The predicted octanol–water partition coefficient (Wildman–Crippen LogP) is 3.70. The SMILES string of the molecule is CCOc1ccc2oc(-c3ccc(C)cc3)cc(=NCCO)c2c1. The van der Waals surface area contributed by atoms with Crippen LogP contribution >= 0.6 is 0 Å². The van der Waals surface area contributed by atoms with Crippen molar-refractivity contribution in [2.45, 2.75) is 13.8 Å². The largest absolute Gasteiger partial charge is 0.494 e. The van der Waals surface area contributed by atoms with Crippen molar-refractivity contribution in [3.05, 3.63) is 59.5 Å². The zero-order valence-electron chi connectivity index (χ0n) is 14.0. The van der Waals surface area contributed by atoms with E-state index in [0.717, 1.165) is 33.4 Å². The van der Waals surface area contributed by atoms with Gasteiger partial charge in [-0.05, 0) is 32.0 Å². The summed E-state index contributed by atoms with van der Waals surface area (Å²) < 4.78 is 11.6. The molecule has 0 amide bonds. The zero-order valence-corrected chi connectivity index (χ0v) is 14.0. The number of ether oxygens (including phenoxy) is 1. The highest BCUT2D eigenvalue weighted by atomic mass is 16.5. The summed E-state index contributed by atoms with van der Waals surface area (Å²) in [5.41, 5.74) is 2.94. The second kappa shape index (κ2) is 7.32. The molecule has 124 valence electrons. The topological polar surface area (TPSA) is 55.0 Å². The van der Waals surface area contributed by atoms with Crippen LogP contribution in [0.4, 0.5) is 0 Å². The van der Waals surface area contributed by atoms with Crippen LogP contribution in [0.2, 0.25) is 0 Å². The van der Waals surface area contributed by atoms with Gasteiger partial charge >= 0.3 is 0 Å². The van der Waals surface area contributed by atoms with E-state index in [1.165, 1.54) is 5.56 Å². The Labute approximate surface area is 141 Å². The van der Waals surface area contributed by atoms with Gasteiger partial charge in [-0.3, -0.25) is 4.99 Å². The molecule has 0 aliphatic heterocycles. The van der Waals surface area contributed by atoms with Crippen LogP contribution in [0.1, 0.15) is 12.5 Å². The first-order chi connectivity index (χ1) is 11.7. The molecule has 0 atom stereocenters. The molecule has 0 aliphatic carbocycles. The van der Waals surface area contributed by atoms with E-state index >= 15 is 0 Å². The maximum Gasteiger partial charge on any atom is 0.137 e. The van der Waals surface area contributed by atoms with E-state index < -0.39 is 0 Å². The van der Waals surface area contributed by atoms with Crippen LogP contribution in [-0.2, 0) is 0 Å². The van der Waals surface area contributed by atoms with Crippen molar-refractivity contribution in [2.75, 3.05) is 19.8 Å². The Balaban J connectivity index is 2.19. The smallest absolute Gasteiger partial charge is 0.137 e. The molecule has 1 heterocycles. The number of rotatable bonds is 5. The van der Waals surface area contributed by atoms with Crippen molar-refractivity contribution in [1.29, 1.82) is 0 Å². The van der Waals surface area contributed by atoms with Gasteiger partial charge in [-0.25, -0.2) is 0 Å². The van der Waals surface area contributed by atoms with Crippen molar-refractivity contribution in [1.82, 2.24) is 0 Å². The summed E-state index contributed by atoms with van der Waals surface area (Å²) in [6.07, 6.45) is 0. The van der Waals surface area contributed by atoms with E-state index in [1.54, 1.807) is 0 Å². The Bertz CT molecular complexity index is 895. The van der Waals surface area contributed by atoms with Crippen molar-refractivity contribution in [3.8, 4) is 17.1 Å². The summed E-state index contributed by atoms with van der Waals surface area (Å²) >= 11 is 0. The number of aliphatic hydroxyl groups excluding tert-OH is 1. The molecule has 0 saturated carbocycles. The fourth-order valence-corrected chi connectivity index (χ4v) is 2.57. The van der Waals surface area contributed by atoms with Crippen molar-refractivity contribution < 1.29 is 14.3 Å². The lowest BCUT2D eigenvalue weighted by Gasteiger charge is -2.08. The van der Waals surface area contributed by atoms with Crippen molar-refractivity contribution in [3.63, 3.8) is 0 Å². The van der Waals surface area contributed by atoms with Gasteiger partial charge in [0.25, 0.3) is 0 Å². The standard InChI is InChI=1S/C20H21NO3/c1-3-23-16-8-9-19-17(12-16)18(21-10-11-22)13-20(24-19)15-6-4-14(2)5-7-15/h4-9,12-13,22H,3,10-11H2,1-2H3. The predicted molar refractivity (Wildman–Crippen MR) is 95.1 cm³/mol. The maximum absolute atomic E-state index is 9.11. The van der Waals surface area contributed by atoms with Gasteiger partial charge in [-0.15, -0.1) is 0 Å². The quantitative estimate of drug-likeness (QED) is 0.779. The first-order valence-electron chi connectivity index (χ1n) is 8.10. The average molecular weight is 323 g/mol. The lowest BCUT2D eigenvalue weighted by molar-refractivity contribution is 0.306. The molecule has 0 spiro atoms. The number of aliphatic hydroxyl groups is 1. The molecule has 0 fully saturated rings. The lowest BCUT2D eigenvalue weighted by Crippen LogP contribution is -2.07. The van der Waals surface area contributed by atoms with Crippen LogP contribution in [0.25, 0.3) is 22.3 Å². The van der Waals surface area contributed by atoms with E-state index in [0.29, 0.717) is 13.2 Å². The third kappa shape index (κ3) is 3.49. The molecule has 3 aromatic rings. The number of hydrogen-bond donors (Lipinski definition) is 1. The third-order valence-electron chi connectivity index (χ3n) is 3.74. The molecule has 1 N–H and O–H groups in total. The van der Waals surface area contributed by atoms with Crippen LogP contribution in [0.5, 0.6) is 5.75 Å². The van der Waals surface area contributed by atoms with Gasteiger partial charge in [0, 0.05) is 17.0 Å². The number of nitrogens with zero attached hydrogens (tertiary/aromatic N) is 1. The molecular weight excluding hydrogens is 302 g/mol. The number of fused-ring (bicyclic) bond motifs is 1. The van der Waals surface area contributed by atoms with Crippen molar-refractivity contribution in [2.24, 2.45) is 4.99 Å². The van der Waals surface area contributed by atoms with Crippen LogP contribution < -0.4 is 10.1 Å². The monoisotopic (exact) mass is 323 g/mol. The van der Waals surface area contributed by atoms with E-state index in [2.05, 4.69) is 24.0 Å². The molecule has 3 rings (SSSR count). The minimum Gasteiger partial charge on any atom is -0.494 e. The zero-order chi connectivity index (χ0) is 16.9. The number of benzene rings is 2. The highest BCUT2D eigenvalue weighted by Gasteiger charge is 2.07. The van der Waals surface area contributed by atoms with Gasteiger partial charge in [0.1, 0.15) is 17.1 Å². The molecule has 0 saturated heterocycles. The van der Waals surface area contributed by atoms with E-state index in [-0.39, 0.29) is 6.61 Å². The van der Waals surface area contributed by atoms with Crippen molar-refractivity contribution >= 4 is 11.0 Å². The lowest BCUT2D eigenvalue weighted by atomic mass is 10.1. The molecule has 0 unspecified atom stereocenters. The fourth-order valence-electron chi connectivity index (χ4n) is 2.57. The summed E-state index contributed by atoms with van der Waals surface area (Å²) in [7, 11) is 0. The third-order valence-corrected chi connectivity index (χ3v) is 3.74. The number of aryl methyl sites for hydroxylation is 1. The first-order valence-corrected chi connectivity index (χ1v) is 8.10. The summed E-state index contributed by atoms with van der Waals surface area (Å²) in [6.45, 7) is 4.97. The average Bonchev–Trinajstić information content (AvgIpc) is 2.60. The fraction of sp³-hybridized carbons (Fsp3) is 0.250. The van der Waals surface area contributed by atoms with Crippen LogP contribution in [0.3, 0.4) is 0 Å². The molecule has 2 aromatic carbocycles. The van der Waals surface area contributed by atoms with E-state index in [9.17, 15) is 0 Å². The second-order valence-electron chi connectivity index (χ2n) is 5.56. The van der Waals surface area contributed by atoms with Gasteiger partial charge < -0.3 is 14.3 Å². The minimum absolute atomic E-state index is 0.0124. The minimum atomic E-state index is 0.0124. The normalized spacial score (nSPS) is 11.9. The molecule has 24 heavy (non-hydrogen) atoms. The molecule has 4 nitrogen and oxygen atoms in total. The highest BCUT2D eigenvalue weighted by molar-refractivity contribution is 5.80. The Morgan fingerprint density at radius 2 is 1.88 bits per heavy atom. The molecule has 0 radical (unpaired) electrons. The van der Waals surface area contributed by atoms with Crippen LogP contribution in [-0.4, -0.2) is 24.9 Å². The van der Waals surface area contributed by atoms with Gasteiger partial charge in [0.2, 0.25) is 0 Å². The van der Waals surface area contributed by atoms with Crippen LogP contribution in [0, 0.1) is 6.92 Å². The summed E-state index contributed by atoms with van der Waals surface area (Å²) in [4.78, 5) is 4.49. The van der Waals surface area contributed by atoms with E-state index in [4.69, 9.17) is 14.3 Å².